The summed E-state index contributed by atoms with van der Waals surface area (Å²) in [5, 5.41) is 1.16. The highest BCUT2D eigenvalue weighted by atomic mass is 32.2. The number of sulfone groups is 1. The summed E-state index contributed by atoms with van der Waals surface area (Å²) in [7, 11) is -1.79. The predicted octanol–water partition coefficient (Wildman–Crippen LogP) is 4.05. The number of rotatable bonds is 6. The molecule has 1 N–H and O–H groups in total. The Hall–Kier alpha value is -2.80. The molecule has 0 aliphatic carbocycles. The molecule has 0 radical (unpaired) electrons. The minimum atomic E-state index is -3.45. The van der Waals surface area contributed by atoms with Crippen LogP contribution in [0.4, 0.5) is 0 Å². The van der Waals surface area contributed by atoms with Gasteiger partial charge < -0.3 is 14.6 Å². The standard InChI is InChI=1S/C24H28N2O4S/c1-17-3-6-20(7-4-17)31(28,29)14-11-24(27)26-12-9-18(10-13-26)22-16-25-23-8-5-19(30-2)15-21(22)23/h3-8,15-16,18,25H,9-14H2,1-2H3. The topological polar surface area (TPSA) is 79.5 Å². The Labute approximate surface area is 183 Å². The number of H-pyrrole nitrogens is 1. The van der Waals surface area contributed by atoms with Gasteiger partial charge in [-0.25, -0.2) is 8.42 Å². The van der Waals surface area contributed by atoms with E-state index in [0.29, 0.717) is 19.0 Å². The van der Waals surface area contributed by atoms with Crippen molar-refractivity contribution >= 4 is 26.6 Å². The molecule has 2 heterocycles. The van der Waals surface area contributed by atoms with Gasteiger partial charge in [-0.15, -0.1) is 0 Å². The van der Waals surface area contributed by atoms with Crippen molar-refractivity contribution in [2.45, 2.75) is 37.0 Å². The Bertz CT molecular complexity index is 1170. The van der Waals surface area contributed by atoms with Crippen LogP contribution in [0.15, 0.2) is 53.6 Å². The number of nitrogens with one attached hydrogen (secondary N) is 1. The first kappa shape index (κ1) is 21.4. The lowest BCUT2D eigenvalue weighted by Crippen LogP contribution is -2.38. The quantitative estimate of drug-likeness (QED) is 0.627. The third-order valence-electron chi connectivity index (χ3n) is 6.17. The number of piperidine rings is 1. The fourth-order valence-corrected chi connectivity index (χ4v) is 5.50. The molecular weight excluding hydrogens is 412 g/mol. The Morgan fingerprint density at radius 3 is 2.52 bits per heavy atom. The summed E-state index contributed by atoms with van der Waals surface area (Å²) in [5.74, 6) is 0.948. The summed E-state index contributed by atoms with van der Waals surface area (Å²) >= 11 is 0. The second-order valence-electron chi connectivity index (χ2n) is 8.19. The number of fused-ring (bicyclic) bond motifs is 1. The maximum atomic E-state index is 12.7. The number of aryl methyl sites for hydroxylation is 1. The Morgan fingerprint density at radius 1 is 1.13 bits per heavy atom. The van der Waals surface area contributed by atoms with E-state index in [1.165, 1.54) is 5.56 Å². The van der Waals surface area contributed by atoms with Crippen LogP contribution in [0.1, 0.15) is 36.3 Å². The summed E-state index contributed by atoms with van der Waals surface area (Å²) < 4.78 is 30.4. The second-order valence-corrected chi connectivity index (χ2v) is 10.3. The highest BCUT2D eigenvalue weighted by molar-refractivity contribution is 7.91. The molecule has 31 heavy (non-hydrogen) atoms. The van der Waals surface area contributed by atoms with Crippen molar-refractivity contribution in [3.63, 3.8) is 0 Å². The SMILES string of the molecule is COc1ccc2[nH]cc(C3CCN(C(=O)CCS(=O)(=O)c4ccc(C)cc4)CC3)c2c1. The van der Waals surface area contributed by atoms with Crippen molar-refractivity contribution in [2.75, 3.05) is 26.0 Å². The highest BCUT2D eigenvalue weighted by Crippen LogP contribution is 2.34. The van der Waals surface area contributed by atoms with Crippen LogP contribution in [0.25, 0.3) is 10.9 Å². The van der Waals surface area contributed by atoms with Crippen LogP contribution in [0, 0.1) is 6.92 Å². The van der Waals surface area contributed by atoms with E-state index in [1.54, 1.807) is 36.3 Å². The van der Waals surface area contributed by atoms with Crippen LogP contribution in [-0.4, -0.2) is 50.2 Å². The van der Waals surface area contributed by atoms with Gasteiger partial charge in [0.15, 0.2) is 9.84 Å². The van der Waals surface area contributed by atoms with E-state index < -0.39 is 9.84 Å². The van der Waals surface area contributed by atoms with Crippen LogP contribution < -0.4 is 4.74 Å². The van der Waals surface area contributed by atoms with Crippen LogP contribution in [0.5, 0.6) is 5.75 Å². The Kier molecular flexibility index (Phi) is 6.05. The zero-order chi connectivity index (χ0) is 22.0. The molecule has 1 saturated heterocycles. The average molecular weight is 441 g/mol. The molecule has 2 aromatic carbocycles. The van der Waals surface area contributed by atoms with Crippen molar-refractivity contribution in [1.29, 1.82) is 0 Å². The van der Waals surface area contributed by atoms with Crippen LogP contribution in [0.2, 0.25) is 0 Å². The van der Waals surface area contributed by atoms with Crippen LogP contribution in [-0.2, 0) is 14.6 Å². The first-order chi connectivity index (χ1) is 14.9. The van der Waals surface area contributed by atoms with Crippen molar-refractivity contribution in [3.8, 4) is 5.75 Å². The minimum Gasteiger partial charge on any atom is -0.497 e. The lowest BCUT2D eigenvalue weighted by atomic mass is 9.89. The molecule has 0 unspecified atom stereocenters. The fourth-order valence-electron chi connectivity index (χ4n) is 4.27. The maximum absolute atomic E-state index is 12.7. The van der Waals surface area contributed by atoms with Gasteiger partial charge in [0, 0.05) is 36.6 Å². The molecule has 1 amide bonds. The van der Waals surface area contributed by atoms with Crippen molar-refractivity contribution in [3.05, 3.63) is 59.8 Å². The molecule has 6 nitrogen and oxygen atoms in total. The third-order valence-corrected chi connectivity index (χ3v) is 7.91. The molecule has 0 saturated carbocycles. The number of aromatic nitrogens is 1. The van der Waals surface area contributed by atoms with Gasteiger partial charge in [-0.05, 0) is 61.6 Å². The number of likely N-dealkylation sites (tertiary alicyclic amines) is 1. The smallest absolute Gasteiger partial charge is 0.223 e. The number of methoxy groups -OCH3 is 1. The molecular formula is C24H28N2O4S. The van der Waals surface area contributed by atoms with E-state index in [4.69, 9.17) is 4.74 Å². The predicted molar refractivity (Wildman–Crippen MR) is 121 cm³/mol. The number of hydrogen-bond acceptors (Lipinski definition) is 4. The molecule has 1 fully saturated rings. The maximum Gasteiger partial charge on any atom is 0.223 e. The summed E-state index contributed by atoms with van der Waals surface area (Å²) in [4.78, 5) is 18.1. The molecule has 4 rings (SSSR count). The number of ether oxygens (including phenoxy) is 1. The average Bonchev–Trinajstić information content (AvgIpc) is 3.21. The molecule has 7 heteroatoms. The largest absolute Gasteiger partial charge is 0.497 e. The van der Waals surface area contributed by atoms with Gasteiger partial charge >= 0.3 is 0 Å². The van der Waals surface area contributed by atoms with E-state index >= 15 is 0 Å². The Morgan fingerprint density at radius 2 is 1.84 bits per heavy atom. The molecule has 0 bridgehead atoms. The first-order valence-electron chi connectivity index (χ1n) is 10.6. The molecule has 3 aromatic rings. The molecule has 0 atom stereocenters. The summed E-state index contributed by atoms with van der Waals surface area (Å²) in [6.07, 6.45) is 3.80. The van der Waals surface area contributed by atoms with Crippen molar-refractivity contribution < 1.29 is 17.9 Å². The van der Waals surface area contributed by atoms with Gasteiger partial charge in [0.25, 0.3) is 0 Å². The molecule has 1 aromatic heterocycles. The lowest BCUT2D eigenvalue weighted by Gasteiger charge is -2.32. The zero-order valence-electron chi connectivity index (χ0n) is 17.9. The number of amides is 1. The van der Waals surface area contributed by atoms with E-state index in [1.807, 2.05) is 19.1 Å². The van der Waals surface area contributed by atoms with E-state index in [2.05, 4.69) is 17.2 Å². The molecule has 1 aliphatic heterocycles. The van der Waals surface area contributed by atoms with Crippen LogP contribution in [0.3, 0.4) is 0 Å². The van der Waals surface area contributed by atoms with Crippen molar-refractivity contribution in [1.82, 2.24) is 9.88 Å². The molecule has 164 valence electrons. The number of carbonyl (C=O) groups excluding carboxylic acids is 1. The van der Waals surface area contributed by atoms with Gasteiger partial charge in [0.2, 0.25) is 5.91 Å². The number of hydrogen-bond donors (Lipinski definition) is 1. The van der Waals surface area contributed by atoms with Gasteiger partial charge in [-0.1, -0.05) is 17.7 Å². The van der Waals surface area contributed by atoms with Gasteiger partial charge in [0.1, 0.15) is 5.75 Å². The van der Waals surface area contributed by atoms with E-state index in [0.717, 1.165) is 35.1 Å². The normalized spacial score (nSPS) is 15.4. The van der Waals surface area contributed by atoms with Crippen molar-refractivity contribution in [2.24, 2.45) is 0 Å². The van der Waals surface area contributed by atoms with Gasteiger partial charge in [-0.2, -0.15) is 0 Å². The second kappa shape index (κ2) is 8.75. The Balaban J connectivity index is 1.35. The zero-order valence-corrected chi connectivity index (χ0v) is 18.7. The monoisotopic (exact) mass is 440 g/mol. The molecule has 1 aliphatic rings. The number of nitrogens with zero attached hydrogens (tertiary/aromatic N) is 1. The summed E-state index contributed by atoms with van der Waals surface area (Å²) in [5.41, 5.74) is 3.34. The number of aromatic amines is 1. The van der Waals surface area contributed by atoms with Gasteiger partial charge in [0.05, 0.1) is 17.8 Å². The molecule has 0 spiro atoms. The van der Waals surface area contributed by atoms with E-state index in [9.17, 15) is 13.2 Å². The van der Waals surface area contributed by atoms with Gasteiger partial charge in [-0.3, -0.25) is 4.79 Å². The third kappa shape index (κ3) is 4.61. The lowest BCUT2D eigenvalue weighted by molar-refractivity contribution is -0.131. The van der Waals surface area contributed by atoms with Crippen LogP contribution >= 0.6 is 0 Å². The summed E-state index contributed by atoms with van der Waals surface area (Å²) in [6.45, 7) is 3.20. The number of benzene rings is 2. The van der Waals surface area contributed by atoms with E-state index in [-0.39, 0.29) is 23.0 Å². The number of carbonyl (C=O) groups is 1. The highest BCUT2D eigenvalue weighted by Gasteiger charge is 2.26. The summed E-state index contributed by atoms with van der Waals surface area (Å²) in [6, 6.07) is 12.8. The fraction of sp³-hybridized carbons (Fsp3) is 0.375. The minimum absolute atomic E-state index is 0.0190. The first-order valence-corrected chi connectivity index (χ1v) is 12.2.